The van der Waals surface area contributed by atoms with Crippen LogP contribution >= 0.6 is 22.9 Å². The molecule has 1 amide bonds. The summed E-state index contributed by atoms with van der Waals surface area (Å²) in [6.45, 7) is 0.435. The first-order valence-electron chi connectivity index (χ1n) is 10.4. The largest absolute Gasteiger partial charge is 0.489 e. The van der Waals surface area contributed by atoms with Gasteiger partial charge in [0.1, 0.15) is 17.4 Å². The van der Waals surface area contributed by atoms with Gasteiger partial charge in [-0.2, -0.15) is 0 Å². The number of hydrogen-bond donors (Lipinski definition) is 1. The highest BCUT2D eigenvalue weighted by Crippen LogP contribution is 2.36. The normalized spacial score (nSPS) is 10.8. The van der Waals surface area contributed by atoms with E-state index in [4.69, 9.17) is 21.3 Å². The van der Waals surface area contributed by atoms with Crippen LogP contribution in [-0.2, 0) is 6.61 Å². The van der Waals surface area contributed by atoms with E-state index in [2.05, 4.69) is 5.32 Å². The van der Waals surface area contributed by atoms with E-state index in [0.717, 1.165) is 26.4 Å². The van der Waals surface area contributed by atoms with Crippen molar-refractivity contribution in [1.29, 1.82) is 0 Å². The summed E-state index contributed by atoms with van der Waals surface area (Å²) in [5, 5.41) is 4.39. The van der Waals surface area contributed by atoms with Crippen molar-refractivity contribution in [2.24, 2.45) is 0 Å². The third-order valence-electron chi connectivity index (χ3n) is 5.10. The summed E-state index contributed by atoms with van der Waals surface area (Å²) in [4.78, 5) is 17.8. The number of nitrogens with zero attached hydrogens (tertiary/aromatic N) is 1. The van der Waals surface area contributed by atoms with E-state index in [9.17, 15) is 4.79 Å². The average molecular weight is 471 g/mol. The zero-order valence-electron chi connectivity index (χ0n) is 17.5. The Balaban J connectivity index is 1.38. The quantitative estimate of drug-likeness (QED) is 0.280. The molecule has 0 aliphatic heterocycles. The van der Waals surface area contributed by atoms with Crippen molar-refractivity contribution in [2.75, 3.05) is 5.32 Å². The lowest BCUT2D eigenvalue weighted by molar-refractivity contribution is 0.102. The number of amides is 1. The maximum atomic E-state index is 13.1. The minimum absolute atomic E-state index is 0.232. The van der Waals surface area contributed by atoms with Gasteiger partial charge in [0.2, 0.25) is 0 Å². The zero-order valence-corrected chi connectivity index (χ0v) is 19.1. The number of ether oxygens (including phenoxy) is 1. The van der Waals surface area contributed by atoms with Crippen LogP contribution in [-0.4, -0.2) is 10.9 Å². The van der Waals surface area contributed by atoms with Gasteiger partial charge in [0.15, 0.2) is 0 Å². The first-order chi connectivity index (χ1) is 16.2. The fourth-order valence-corrected chi connectivity index (χ4v) is 4.62. The van der Waals surface area contributed by atoms with Gasteiger partial charge < -0.3 is 10.1 Å². The van der Waals surface area contributed by atoms with Crippen LogP contribution in [0.5, 0.6) is 5.75 Å². The molecule has 4 nitrogen and oxygen atoms in total. The molecule has 5 rings (SSSR count). The molecule has 0 spiro atoms. The number of benzene rings is 4. The van der Waals surface area contributed by atoms with Crippen molar-refractivity contribution >= 4 is 44.7 Å². The van der Waals surface area contributed by atoms with Crippen molar-refractivity contribution in [3.05, 3.63) is 113 Å². The van der Waals surface area contributed by atoms with Gasteiger partial charge in [0.25, 0.3) is 5.91 Å². The van der Waals surface area contributed by atoms with Gasteiger partial charge in [0, 0.05) is 16.1 Å². The maximum absolute atomic E-state index is 13.1. The maximum Gasteiger partial charge on any atom is 0.255 e. The van der Waals surface area contributed by atoms with Crippen LogP contribution in [0.1, 0.15) is 15.9 Å². The molecule has 0 radical (unpaired) electrons. The van der Waals surface area contributed by atoms with Crippen LogP contribution in [0.4, 0.5) is 5.69 Å². The molecule has 0 bridgehead atoms. The number of aromatic nitrogens is 1. The topological polar surface area (TPSA) is 51.2 Å². The van der Waals surface area contributed by atoms with Crippen molar-refractivity contribution in [3.63, 3.8) is 0 Å². The van der Waals surface area contributed by atoms with Crippen molar-refractivity contribution < 1.29 is 9.53 Å². The standard InChI is InChI=1S/C27H19ClN2O2S/c28-20-13-14-23(22(16-20)27-30-24-11-4-5-12-25(24)33-27)29-26(31)19-9-6-10-21(15-19)32-17-18-7-2-1-3-8-18/h1-16H,17H2,(H,29,31). The van der Waals surface area contributed by atoms with Gasteiger partial charge in [-0.25, -0.2) is 4.98 Å². The lowest BCUT2D eigenvalue weighted by Gasteiger charge is -2.11. The molecule has 5 aromatic rings. The number of nitrogens with one attached hydrogen (secondary N) is 1. The number of carbonyl (C=O) groups is 1. The third kappa shape index (κ3) is 4.90. The smallest absolute Gasteiger partial charge is 0.255 e. The van der Waals surface area contributed by atoms with E-state index < -0.39 is 0 Å². The Morgan fingerprint density at radius 3 is 2.58 bits per heavy atom. The summed E-state index contributed by atoms with van der Waals surface area (Å²) >= 11 is 7.83. The van der Waals surface area contributed by atoms with Gasteiger partial charge >= 0.3 is 0 Å². The molecule has 0 saturated carbocycles. The van der Waals surface area contributed by atoms with Gasteiger partial charge in [-0.15, -0.1) is 11.3 Å². The SMILES string of the molecule is O=C(Nc1ccc(Cl)cc1-c1nc2ccccc2s1)c1cccc(OCc2ccccc2)c1. The second-order valence-corrected chi connectivity index (χ2v) is 8.90. The molecule has 0 saturated heterocycles. The highest BCUT2D eigenvalue weighted by Gasteiger charge is 2.15. The van der Waals surface area contributed by atoms with E-state index in [1.54, 1.807) is 35.6 Å². The van der Waals surface area contributed by atoms with Crippen LogP contribution in [0, 0.1) is 0 Å². The fraction of sp³-hybridized carbons (Fsp3) is 0.0370. The molecular weight excluding hydrogens is 452 g/mol. The Hall–Kier alpha value is -3.67. The Morgan fingerprint density at radius 2 is 1.73 bits per heavy atom. The van der Waals surface area contributed by atoms with Crippen molar-refractivity contribution in [3.8, 4) is 16.3 Å². The van der Waals surface area contributed by atoms with Crippen LogP contribution in [0.15, 0.2) is 97.1 Å². The van der Waals surface area contributed by atoms with Crippen LogP contribution in [0.25, 0.3) is 20.8 Å². The Labute approximate surface area is 200 Å². The summed E-state index contributed by atoms with van der Waals surface area (Å²) in [6, 6.07) is 30.4. The minimum atomic E-state index is -0.232. The van der Waals surface area contributed by atoms with Gasteiger partial charge in [-0.3, -0.25) is 4.79 Å². The first kappa shape index (κ1) is 21.2. The Morgan fingerprint density at radius 1 is 0.909 bits per heavy atom. The first-order valence-corrected chi connectivity index (χ1v) is 11.6. The van der Waals surface area contributed by atoms with E-state index in [1.807, 2.05) is 72.8 Å². The summed E-state index contributed by atoms with van der Waals surface area (Å²) in [5.74, 6) is 0.402. The monoisotopic (exact) mass is 470 g/mol. The highest BCUT2D eigenvalue weighted by atomic mass is 35.5. The second-order valence-electron chi connectivity index (χ2n) is 7.43. The summed E-state index contributed by atoms with van der Waals surface area (Å²) in [6.07, 6.45) is 0. The van der Waals surface area contributed by atoms with Gasteiger partial charge in [-0.1, -0.05) is 60.1 Å². The van der Waals surface area contributed by atoms with Gasteiger partial charge in [0.05, 0.1) is 15.9 Å². The Bertz CT molecular complexity index is 1400. The lowest BCUT2D eigenvalue weighted by atomic mass is 10.1. The molecule has 1 heterocycles. The lowest BCUT2D eigenvalue weighted by Crippen LogP contribution is -2.12. The van der Waals surface area contributed by atoms with Crippen LogP contribution in [0.2, 0.25) is 5.02 Å². The van der Waals surface area contributed by atoms with Crippen LogP contribution < -0.4 is 10.1 Å². The minimum Gasteiger partial charge on any atom is -0.489 e. The number of halogens is 1. The zero-order chi connectivity index (χ0) is 22.6. The van der Waals surface area contributed by atoms with Crippen molar-refractivity contribution in [1.82, 2.24) is 4.98 Å². The molecule has 162 valence electrons. The molecule has 0 atom stereocenters. The summed E-state index contributed by atoms with van der Waals surface area (Å²) < 4.78 is 6.95. The molecular formula is C27H19ClN2O2S. The van der Waals surface area contributed by atoms with E-state index in [1.165, 1.54) is 0 Å². The van der Waals surface area contributed by atoms with E-state index in [-0.39, 0.29) is 5.91 Å². The molecule has 4 aromatic carbocycles. The predicted octanol–water partition coefficient (Wildman–Crippen LogP) is 7.45. The number of fused-ring (bicyclic) bond motifs is 1. The molecule has 33 heavy (non-hydrogen) atoms. The highest BCUT2D eigenvalue weighted by molar-refractivity contribution is 7.21. The third-order valence-corrected chi connectivity index (χ3v) is 6.40. The van der Waals surface area contributed by atoms with E-state index in [0.29, 0.717) is 28.6 Å². The number of para-hydroxylation sites is 1. The second kappa shape index (κ2) is 9.45. The van der Waals surface area contributed by atoms with Crippen molar-refractivity contribution in [2.45, 2.75) is 6.61 Å². The summed E-state index contributed by atoms with van der Waals surface area (Å²) in [5.41, 5.74) is 3.92. The molecule has 1 aromatic heterocycles. The number of thiazole rings is 1. The average Bonchev–Trinajstić information content (AvgIpc) is 3.29. The van der Waals surface area contributed by atoms with Crippen LogP contribution in [0.3, 0.4) is 0 Å². The number of carbonyl (C=O) groups excluding carboxylic acids is 1. The molecule has 0 aliphatic rings. The number of rotatable bonds is 6. The number of anilines is 1. The molecule has 0 fully saturated rings. The molecule has 6 heteroatoms. The fourth-order valence-electron chi connectivity index (χ4n) is 3.45. The number of hydrogen-bond acceptors (Lipinski definition) is 4. The van der Waals surface area contributed by atoms with Gasteiger partial charge in [-0.05, 0) is 54.1 Å². The molecule has 0 unspecified atom stereocenters. The van der Waals surface area contributed by atoms with E-state index >= 15 is 0 Å². The molecule has 1 N–H and O–H groups in total. The summed E-state index contributed by atoms with van der Waals surface area (Å²) in [7, 11) is 0. The Kier molecular flexibility index (Phi) is 6.07. The molecule has 0 aliphatic carbocycles. The predicted molar refractivity (Wildman–Crippen MR) is 135 cm³/mol.